The Labute approximate surface area is 182 Å². The highest BCUT2D eigenvalue weighted by Crippen LogP contribution is 2.30. The van der Waals surface area contributed by atoms with Gasteiger partial charge >= 0.3 is 5.97 Å². The number of thiazole rings is 1. The van der Waals surface area contributed by atoms with Crippen LogP contribution in [-0.4, -0.2) is 17.6 Å². The van der Waals surface area contributed by atoms with E-state index >= 15 is 0 Å². The number of carbonyl (C=O) groups excluding carboxylic acids is 1. The summed E-state index contributed by atoms with van der Waals surface area (Å²) < 4.78 is 7.14. The van der Waals surface area contributed by atoms with Gasteiger partial charge in [-0.3, -0.25) is 9.36 Å². The number of allylic oxidation sites excluding steroid dienone is 1. The lowest BCUT2D eigenvalue weighted by Gasteiger charge is -2.24. The molecule has 0 bridgehead atoms. The van der Waals surface area contributed by atoms with E-state index in [2.05, 4.69) is 4.99 Å². The Morgan fingerprint density at radius 3 is 2.60 bits per heavy atom. The van der Waals surface area contributed by atoms with Gasteiger partial charge in [0.1, 0.15) is 0 Å². The van der Waals surface area contributed by atoms with E-state index < -0.39 is 12.0 Å². The normalized spacial score (nSPS) is 16.3. The second kappa shape index (κ2) is 8.05. The van der Waals surface area contributed by atoms with Gasteiger partial charge in [0, 0.05) is 5.02 Å². The highest BCUT2D eigenvalue weighted by Gasteiger charge is 2.33. The SMILES string of the molecule is COC(=O)C1=C(C)N=c2s/c(=C\c3ccc(Cl)cc3)c(=O)n2C1c1cccc(C)c1. The molecule has 4 rings (SSSR count). The van der Waals surface area contributed by atoms with E-state index in [-0.39, 0.29) is 5.56 Å². The van der Waals surface area contributed by atoms with Crippen molar-refractivity contribution >= 4 is 35.0 Å². The van der Waals surface area contributed by atoms with Crippen LogP contribution in [0, 0.1) is 6.92 Å². The summed E-state index contributed by atoms with van der Waals surface area (Å²) in [6, 6.07) is 14.4. The molecular weight excluding hydrogens is 420 g/mol. The molecule has 2 aromatic carbocycles. The van der Waals surface area contributed by atoms with Crippen LogP contribution in [0.25, 0.3) is 6.08 Å². The van der Waals surface area contributed by atoms with Crippen molar-refractivity contribution in [1.82, 2.24) is 4.57 Å². The highest BCUT2D eigenvalue weighted by atomic mass is 35.5. The molecule has 0 fully saturated rings. The number of hydrogen-bond donors (Lipinski definition) is 0. The second-order valence-electron chi connectivity index (χ2n) is 7.04. The molecule has 3 aromatic rings. The minimum Gasteiger partial charge on any atom is -0.466 e. The molecule has 0 amide bonds. The molecule has 1 unspecified atom stereocenters. The van der Waals surface area contributed by atoms with Gasteiger partial charge in [-0.2, -0.15) is 0 Å². The van der Waals surface area contributed by atoms with Gasteiger partial charge in [0.15, 0.2) is 4.80 Å². The molecule has 0 aliphatic carbocycles. The fourth-order valence-electron chi connectivity index (χ4n) is 3.56. The average Bonchev–Trinajstić information content (AvgIpc) is 3.03. The van der Waals surface area contributed by atoms with Gasteiger partial charge in [-0.1, -0.05) is 64.9 Å². The number of carbonyl (C=O) groups is 1. The van der Waals surface area contributed by atoms with Crippen molar-refractivity contribution in [3.63, 3.8) is 0 Å². The van der Waals surface area contributed by atoms with Gasteiger partial charge in [0.05, 0.1) is 29.0 Å². The molecule has 1 atom stereocenters. The van der Waals surface area contributed by atoms with Gasteiger partial charge in [-0.25, -0.2) is 9.79 Å². The Bertz CT molecular complexity index is 1350. The first-order chi connectivity index (χ1) is 14.4. The maximum absolute atomic E-state index is 13.4. The number of aryl methyl sites for hydroxylation is 1. The van der Waals surface area contributed by atoms with Crippen LogP contribution in [0.4, 0.5) is 0 Å². The fraction of sp³-hybridized carbons (Fsp3) is 0.174. The van der Waals surface area contributed by atoms with Crippen molar-refractivity contribution in [3.05, 3.63) is 101 Å². The predicted molar refractivity (Wildman–Crippen MR) is 118 cm³/mol. The molecule has 0 saturated heterocycles. The Morgan fingerprint density at radius 1 is 1.20 bits per heavy atom. The molecule has 152 valence electrons. The first kappa shape index (κ1) is 20.3. The summed E-state index contributed by atoms with van der Waals surface area (Å²) in [5.74, 6) is -0.491. The Morgan fingerprint density at radius 2 is 1.93 bits per heavy atom. The van der Waals surface area contributed by atoms with E-state index in [1.807, 2.05) is 49.4 Å². The van der Waals surface area contributed by atoms with Crippen LogP contribution in [0.5, 0.6) is 0 Å². The maximum Gasteiger partial charge on any atom is 0.338 e. The molecule has 1 aliphatic rings. The number of hydrogen-bond acceptors (Lipinski definition) is 5. The third-order valence-electron chi connectivity index (χ3n) is 4.95. The van der Waals surface area contributed by atoms with Crippen molar-refractivity contribution in [2.75, 3.05) is 7.11 Å². The lowest BCUT2D eigenvalue weighted by Crippen LogP contribution is -2.39. The van der Waals surface area contributed by atoms with Gasteiger partial charge in [-0.15, -0.1) is 0 Å². The first-order valence-corrected chi connectivity index (χ1v) is 10.5. The van der Waals surface area contributed by atoms with E-state index in [4.69, 9.17) is 16.3 Å². The monoisotopic (exact) mass is 438 g/mol. The molecule has 0 saturated carbocycles. The zero-order valence-corrected chi connectivity index (χ0v) is 18.3. The summed E-state index contributed by atoms with van der Waals surface area (Å²) in [5.41, 5.74) is 3.45. The van der Waals surface area contributed by atoms with Crippen molar-refractivity contribution in [1.29, 1.82) is 0 Å². The van der Waals surface area contributed by atoms with Crippen LogP contribution in [-0.2, 0) is 9.53 Å². The van der Waals surface area contributed by atoms with E-state index in [1.165, 1.54) is 18.4 Å². The molecule has 0 radical (unpaired) electrons. The zero-order valence-electron chi connectivity index (χ0n) is 16.7. The Kier molecular flexibility index (Phi) is 5.45. The standard InChI is InChI=1S/C23H19ClN2O3S/c1-13-5-4-6-16(11-13)20-19(22(28)29-3)14(2)25-23-26(20)21(27)18(30-23)12-15-7-9-17(24)10-8-15/h4-12,20H,1-3H3/b18-12-. The minimum absolute atomic E-state index is 0.200. The van der Waals surface area contributed by atoms with Gasteiger partial charge in [0.2, 0.25) is 0 Å². The average molecular weight is 439 g/mol. The lowest BCUT2D eigenvalue weighted by molar-refractivity contribution is -0.136. The number of aromatic nitrogens is 1. The number of benzene rings is 2. The Balaban J connectivity index is 1.98. The van der Waals surface area contributed by atoms with E-state index in [0.717, 1.165) is 16.7 Å². The summed E-state index contributed by atoms with van der Waals surface area (Å²) in [4.78, 5) is 31.1. The van der Waals surface area contributed by atoms with Crippen molar-refractivity contribution < 1.29 is 9.53 Å². The number of halogens is 1. The molecular formula is C23H19ClN2O3S. The van der Waals surface area contributed by atoms with Crippen molar-refractivity contribution in [3.8, 4) is 0 Å². The number of nitrogens with zero attached hydrogens (tertiary/aromatic N) is 2. The minimum atomic E-state index is -0.596. The summed E-state index contributed by atoms with van der Waals surface area (Å²) >= 11 is 7.26. The molecule has 7 heteroatoms. The number of rotatable bonds is 3. The van der Waals surface area contributed by atoms with Gasteiger partial charge in [-0.05, 0) is 43.2 Å². The highest BCUT2D eigenvalue weighted by molar-refractivity contribution is 7.07. The van der Waals surface area contributed by atoms with Gasteiger partial charge in [0.25, 0.3) is 5.56 Å². The maximum atomic E-state index is 13.4. The zero-order chi connectivity index (χ0) is 21.4. The first-order valence-electron chi connectivity index (χ1n) is 9.32. The largest absolute Gasteiger partial charge is 0.466 e. The quantitative estimate of drug-likeness (QED) is 0.589. The summed E-state index contributed by atoms with van der Waals surface area (Å²) in [6.45, 7) is 3.74. The van der Waals surface area contributed by atoms with Crippen LogP contribution in [0.15, 0.2) is 69.6 Å². The summed E-state index contributed by atoms with van der Waals surface area (Å²) in [5, 5.41) is 0.631. The lowest BCUT2D eigenvalue weighted by atomic mass is 9.95. The second-order valence-corrected chi connectivity index (χ2v) is 8.48. The number of methoxy groups -OCH3 is 1. The molecule has 2 heterocycles. The van der Waals surface area contributed by atoms with Gasteiger partial charge < -0.3 is 4.74 Å². The molecule has 30 heavy (non-hydrogen) atoms. The van der Waals surface area contributed by atoms with Crippen LogP contribution >= 0.6 is 22.9 Å². The molecule has 1 aliphatic heterocycles. The Hall–Kier alpha value is -2.96. The fourth-order valence-corrected chi connectivity index (χ4v) is 4.73. The molecule has 1 aromatic heterocycles. The van der Waals surface area contributed by atoms with Crippen LogP contribution in [0.3, 0.4) is 0 Å². The topological polar surface area (TPSA) is 60.7 Å². The predicted octanol–water partition coefficient (Wildman–Crippen LogP) is 3.37. The molecule has 0 spiro atoms. The van der Waals surface area contributed by atoms with E-state index in [1.54, 1.807) is 23.6 Å². The number of ether oxygens (including phenoxy) is 1. The molecule has 0 N–H and O–H groups in total. The van der Waals surface area contributed by atoms with Crippen LogP contribution in [0.2, 0.25) is 5.02 Å². The van der Waals surface area contributed by atoms with E-state index in [0.29, 0.717) is 25.6 Å². The van der Waals surface area contributed by atoms with Crippen LogP contribution < -0.4 is 14.9 Å². The summed E-state index contributed by atoms with van der Waals surface area (Å²) in [7, 11) is 1.33. The smallest absolute Gasteiger partial charge is 0.338 e. The number of fused-ring (bicyclic) bond motifs is 1. The van der Waals surface area contributed by atoms with Crippen molar-refractivity contribution in [2.45, 2.75) is 19.9 Å². The number of esters is 1. The summed E-state index contributed by atoms with van der Waals surface area (Å²) in [6.07, 6.45) is 1.81. The van der Waals surface area contributed by atoms with E-state index in [9.17, 15) is 9.59 Å². The third kappa shape index (κ3) is 3.64. The third-order valence-corrected chi connectivity index (χ3v) is 6.19. The van der Waals surface area contributed by atoms with Crippen LogP contribution in [0.1, 0.15) is 29.7 Å². The van der Waals surface area contributed by atoms with Crippen molar-refractivity contribution in [2.24, 2.45) is 4.99 Å². The molecule has 5 nitrogen and oxygen atoms in total.